The van der Waals surface area contributed by atoms with Gasteiger partial charge in [0.25, 0.3) is 0 Å². The molecule has 0 N–H and O–H groups in total. The smallest absolute Gasteiger partial charge is 0.147 e. The van der Waals surface area contributed by atoms with Crippen molar-refractivity contribution in [3.63, 3.8) is 0 Å². The fourth-order valence-electron chi connectivity index (χ4n) is 1.56. The molecule has 2 nitrogen and oxygen atoms in total. The second-order valence-corrected chi connectivity index (χ2v) is 3.01. The van der Waals surface area contributed by atoms with Gasteiger partial charge < -0.3 is 9.47 Å². The van der Waals surface area contributed by atoms with Gasteiger partial charge in [0.15, 0.2) is 0 Å². The van der Waals surface area contributed by atoms with Crippen LogP contribution < -0.4 is 0 Å². The molecule has 0 amide bonds. The fourth-order valence-corrected chi connectivity index (χ4v) is 1.56. The summed E-state index contributed by atoms with van der Waals surface area (Å²) in [5, 5.41) is 0. The van der Waals surface area contributed by atoms with Crippen molar-refractivity contribution in [2.45, 2.75) is 24.9 Å². The van der Waals surface area contributed by atoms with Gasteiger partial charge in [-0.2, -0.15) is 0 Å². The Bertz CT molecular complexity index is 145. The Hall–Kier alpha value is -0.340. The van der Waals surface area contributed by atoms with Crippen LogP contribution >= 0.6 is 0 Å². The van der Waals surface area contributed by atoms with Gasteiger partial charge in [-0.05, 0) is 19.3 Å². The summed E-state index contributed by atoms with van der Waals surface area (Å²) in [4.78, 5) is 0. The van der Waals surface area contributed by atoms with Gasteiger partial charge in [-0.15, -0.1) is 0 Å². The van der Waals surface area contributed by atoms with Gasteiger partial charge in [-0.1, -0.05) is 12.2 Å². The zero-order valence-electron chi connectivity index (χ0n) is 6.01. The Morgan fingerprint density at radius 1 is 1.30 bits per heavy atom. The summed E-state index contributed by atoms with van der Waals surface area (Å²) in [6.07, 6.45) is 7.71. The van der Waals surface area contributed by atoms with Gasteiger partial charge in [-0.25, -0.2) is 0 Å². The van der Waals surface area contributed by atoms with Crippen LogP contribution in [-0.2, 0) is 9.47 Å². The van der Waals surface area contributed by atoms with Gasteiger partial charge in [0.2, 0.25) is 0 Å². The highest BCUT2D eigenvalue weighted by Crippen LogP contribution is 2.31. The zero-order chi connectivity index (χ0) is 6.86. The van der Waals surface area contributed by atoms with Gasteiger partial charge >= 0.3 is 0 Å². The van der Waals surface area contributed by atoms with Crippen molar-refractivity contribution in [3.05, 3.63) is 12.2 Å². The third-order valence-electron chi connectivity index (χ3n) is 2.24. The molecule has 2 heteroatoms. The van der Waals surface area contributed by atoms with Crippen LogP contribution in [0.3, 0.4) is 0 Å². The number of hydrogen-bond donors (Lipinski definition) is 0. The van der Waals surface area contributed by atoms with E-state index in [1.807, 2.05) is 0 Å². The van der Waals surface area contributed by atoms with Crippen LogP contribution in [0.25, 0.3) is 0 Å². The van der Waals surface area contributed by atoms with Crippen LogP contribution in [0.5, 0.6) is 0 Å². The largest absolute Gasteiger partial charge is 0.352 e. The minimum atomic E-state index is 0.0642. The average Bonchev–Trinajstić information content (AvgIpc) is 2.39. The van der Waals surface area contributed by atoms with E-state index in [1.54, 1.807) is 0 Å². The van der Waals surface area contributed by atoms with Crippen molar-refractivity contribution in [1.29, 1.82) is 0 Å². The SMILES string of the molecule is C1=CCC2(CC1)COCO2. The van der Waals surface area contributed by atoms with Gasteiger partial charge in [0.05, 0.1) is 12.2 Å². The first-order chi connectivity index (χ1) is 4.91. The average molecular weight is 140 g/mol. The van der Waals surface area contributed by atoms with E-state index in [9.17, 15) is 0 Å². The van der Waals surface area contributed by atoms with Crippen LogP contribution in [-0.4, -0.2) is 19.0 Å². The number of ether oxygens (including phenoxy) is 2. The Morgan fingerprint density at radius 2 is 2.30 bits per heavy atom. The highest BCUT2D eigenvalue weighted by Gasteiger charge is 2.35. The molecule has 1 aliphatic heterocycles. The fraction of sp³-hybridized carbons (Fsp3) is 0.750. The molecule has 10 heavy (non-hydrogen) atoms. The van der Waals surface area contributed by atoms with Gasteiger partial charge in [0.1, 0.15) is 6.79 Å². The lowest BCUT2D eigenvalue weighted by atomic mass is 9.90. The normalized spacial score (nSPS) is 39.2. The van der Waals surface area contributed by atoms with E-state index >= 15 is 0 Å². The first-order valence-electron chi connectivity index (χ1n) is 3.78. The van der Waals surface area contributed by atoms with Crippen LogP contribution in [0, 0.1) is 0 Å². The molecule has 1 fully saturated rings. The van der Waals surface area contributed by atoms with Gasteiger partial charge in [-0.3, -0.25) is 0 Å². The molecule has 1 spiro atoms. The molecular weight excluding hydrogens is 128 g/mol. The van der Waals surface area contributed by atoms with Crippen LogP contribution in [0.2, 0.25) is 0 Å². The molecule has 0 radical (unpaired) electrons. The Labute approximate surface area is 60.8 Å². The monoisotopic (exact) mass is 140 g/mol. The molecule has 1 saturated heterocycles. The standard InChI is InChI=1S/C8H12O2/c1-2-4-8(5-3-1)6-9-7-10-8/h1-2H,3-7H2. The summed E-state index contributed by atoms with van der Waals surface area (Å²) in [5.41, 5.74) is 0.0642. The van der Waals surface area contributed by atoms with Crippen molar-refractivity contribution < 1.29 is 9.47 Å². The van der Waals surface area contributed by atoms with Crippen molar-refractivity contribution in [1.82, 2.24) is 0 Å². The van der Waals surface area contributed by atoms with Crippen molar-refractivity contribution in [2.24, 2.45) is 0 Å². The zero-order valence-corrected chi connectivity index (χ0v) is 6.01. The molecule has 0 aromatic rings. The summed E-state index contributed by atoms with van der Waals surface area (Å²) >= 11 is 0. The molecule has 1 unspecified atom stereocenters. The second kappa shape index (κ2) is 2.36. The molecule has 1 atom stereocenters. The molecule has 1 heterocycles. The maximum absolute atomic E-state index is 5.51. The highest BCUT2D eigenvalue weighted by molar-refractivity contribution is 5.00. The van der Waals surface area contributed by atoms with E-state index in [1.165, 1.54) is 0 Å². The summed E-state index contributed by atoms with van der Waals surface area (Å²) in [5.74, 6) is 0. The lowest BCUT2D eigenvalue weighted by Crippen LogP contribution is -2.32. The Kier molecular flexibility index (Phi) is 1.51. The quantitative estimate of drug-likeness (QED) is 0.474. The summed E-state index contributed by atoms with van der Waals surface area (Å²) < 4.78 is 10.7. The molecule has 0 saturated carbocycles. The van der Waals surface area contributed by atoms with Crippen molar-refractivity contribution in [2.75, 3.05) is 13.4 Å². The molecule has 1 aliphatic carbocycles. The topological polar surface area (TPSA) is 18.5 Å². The van der Waals surface area contributed by atoms with E-state index in [0.717, 1.165) is 25.9 Å². The molecule has 2 rings (SSSR count). The number of rotatable bonds is 0. The van der Waals surface area contributed by atoms with Crippen LogP contribution in [0.1, 0.15) is 19.3 Å². The summed E-state index contributed by atoms with van der Waals surface area (Å²) in [6, 6.07) is 0. The molecule has 56 valence electrons. The molecule has 0 aromatic carbocycles. The minimum absolute atomic E-state index is 0.0642. The van der Waals surface area contributed by atoms with E-state index in [0.29, 0.717) is 6.79 Å². The summed E-state index contributed by atoms with van der Waals surface area (Å²) in [7, 11) is 0. The highest BCUT2D eigenvalue weighted by atomic mass is 16.7. The van der Waals surface area contributed by atoms with E-state index in [2.05, 4.69) is 12.2 Å². The molecule has 0 bridgehead atoms. The second-order valence-electron chi connectivity index (χ2n) is 3.01. The first-order valence-corrected chi connectivity index (χ1v) is 3.78. The maximum Gasteiger partial charge on any atom is 0.147 e. The lowest BCUT2D eigenvalue weighted by molar-refractivity contribution is -0.0132. The molecule has 0 aromatic heterocycles. The van der Waals surface area contributed by atoms with Crippen molar-refractivity contribution >= 4 is 0 Å². The van der Waals surface area contributed by atoms with E-state index in [-0.39, 0.29) is 5.60 Å². The van der Waals surface area contributed by atoms with Crippen LogP contribution in [0.15, 0.2) is 12.2 Å². The Morgan fingerprint density at radius 3 is 2.90 bits per heavy atom. The van der Waals surface area contributed by atoms with Gasteiger partial charge in [0, 0.05) is 0 Å². The molecular formula is C8H12O2. The number of allylic oxidation sites excluding steroid dienone is 1. The minimum Gasteiger partial charge on any atom is -0.352 e. The predicted octanol–water partition coefficient (Wildman–Crippen LogP) is 1.47. The maximum atomic E-state index is 5.51. The third kappa shape index (κ3) is 0.976. The van der Waals surface area contributed by atoms with E-state index < -0.39 is 0 Å². The van der Waals surface area contributed by atoms with E-state index in [4.69, 9.17) is 9.47 Å². The van der Waals surface area contributed by atoms with Crippen molar-refractivity contribution in [3.8, 4) is 0 Å². The lowest BCUT2D eigenvalue weighted by Gasteiger charge is -2.26. The Balaban J connectivity index is 2.06. The summed E-state index contributed by atoms with van der Waals surface area (Å²) in [6.45, 7) is 1.28. The van der Waals surface area contributed by atoms with Crippen LogP contribution in [0.4, 0.5) is 0 Å². The number of hydrogen-bond acceptors (Lipinski definition) is 2. The first kappa shape index (κ1) is 6.38. The third-order valence-corrected chi connectivity index (χ3v) is 2.24. The predicted molar refractivity (Wildman–Crippen MR) is 37.6 cm³/mol. The molecule has 2 aliphatic rings.